The summed E-state index contributed by atoms with van der Waals surface area (Å²) in [5.41, 5.74) is 7.47. The van der Waals surface area contributed by atoms with Crippen molar-refractivity contribution in [1.29, 1.82) is 0 Å². The van der Waals surface area contributed by atoms with E-state index in [1.165, 1.54) is 6.07 Å². The number of carbonyl (C=O) groups is 1. The number of benzene rings is 1. The van der Waals surface area contributed by atoms with Gasteiger partial charge in [-0.2, -0.15) is 0 Å². The zero-order valence-electron chi connectivity index (χ0n) is 10.5. The van der Waals surface area contributed by atoms with E-state index in [0.717, 1.165) is 0 Å². The lowest BCUT2D eigenvalue weighted by atomic mass is 10.1. The van der Waals surface area contributed by atoms with Crippen LogP contribution < -0.4 is 11.1 Å². The summed E-state index contributed by atoms with van der Waals surface area (Å²) in [6.07, 6.45) is 0. The molecule has 0 saturated heterocycles. The van der Waals surface area contributed by atoms with E-state index in [2.05, 4.69) is 5.32 Å². The number of nitrogen functional groups attached to an aromatic ring is 1. The zero-order chi connectivity index (χ0) is 13.7. The summed E-state index contributed by atoms with van der Waals surface area (Å²) in [5, 5.41) is 12.1. The molecule has 0 fully saturated rings. The van der Waals surface area contributed by atoms with Crippen molar-refractivity contribution in [2.45, 2.75) is 13.8 Å². The van der Waals surface area contributed by atoms with Gasteiger partial charge < -0.3 is 16.2 Å². The zero-order valence-corrected chi connectivity index (χ0v) is 11.3. The Morgan fingerprint density at radius 3 is 2.72 bits per heavy atom. The van der Waals surface area contributed by atoms with Gasteiger partial charge in [0.15, 0.2) is 0 Å². The van der Waals surface area contributed by atoms with Crippen LogP contribution in [0.1, 0.15) is 22.8 Å². The fourth-order valence-corrected chi connectivity index (χ4v) is 2.15. The van der Waals surface area contributed by atoms with E-state index >= 15 is 0 Å². The van der Waals surface area contributed by atoms with Gasteiger partial charge in [-0.3, -0.25) is 4.21 Å². The van der Waals surface area contributed by atoms with Gasteiger partial charge in [0.2, 0.25) is 0 Å². The number of hydrogen-bond donors (Lipinski definition) is 3. The molecular formula is C12H18N2O3S. The molecule has 1 rings (SSSR count). The van der Waals surface area contributed by atoms with Crippen molar-refractivity contribution in [3.8, 4) is 0 Å². The van der Waals surface area contributed by atoms with Crippen molar-refractivity contribution in [2.24, 2.45) is 0 Å². The Bertz CT molecular complexity index is 475. The number of carboxylic acids is 1. The second-order valence-corrected chi connectivity index (χ2v) is 5.78. The van der Waals surface area contributed by atoms with E-state index in [1.807, 2.05) is 6.92 Å². The molecular weight excluding hydrogens is 252 g/mol. The summed E-state index contributed by atoms with van der Waals surface area (Å²) in [5.74, 6) is 0.127. The highest BCUT2D eigenvalue weighted by molar-refractivity contribution is 7.84. The molecule has 0 bridgehead atoms. The van der Waals surface area contributed by atoms with Gasteiger partial charge in [-0.05, 0) is 24.6 Å². The van der Waals surface area contributed by atoms with Crippen molar-refractivity contribution >= 4 is 28.1 Å². The van der Waals surface area contributed by atoms with Gasteiger partial charge >= 0.3 is 5.97 Å². The number of carboxylic acid groups (broad SMARTS) is 1. The normalized spacial score (nSPS) is 12.1. The molecule has 6 heteroatoms. The first-order chi connectivity index (χ1) is 8.45. The van der Waals surface area contributed by atoms with Crippen LogP contribution in [0, 0.1) is 6.92 Å². The molecule has 0 aromatic heterocycles. The van der Waals surface area contributed by atoms with Crippen LogP contribution in [-0.4, -0.2) is 33.3 Å². The Balaban J connectivity index is 2.78. The van der Waals surface area contributed by atoms with Gasteiger partial charge in [0, 0.05) is 40.2 Å². The molecule has 0 aliphatic rings. The maximum absolute atomic E-state index is 11.3. The molecule has 0 aliphatic heterocycles. The van der Waals surface area contributed by atoms with E-state index in [9.17, 15) is 9.00 Å². The lowest BCUT2D eigenvalue weighted by Crippen LogP contribution is -2.13. The molecule has 100 valence electrons. The summed E-state index contributed by atoms with van der Waals surface area (Å²) in [6, 6.07) is 3.29. The summed E-state index contributed by atoms with van der Waals surface area (Å²) < 4.78 is 11.3. The molecule has 4 N–H and O–H groups in total. The number of hydrogen-bond acceptors (Lipinski definition) is 4. The first-order valence-corrected chi connectivity index (χ1v) is 7.16. The van der Waals surface area contributed by atoms with Crippen molar-refractivity contribution in [2.75, 3.05) is 29.1 Å². The van der Waals surface area contributed by atoms with E-state index in [4.69, 9.17) is 10.8 Å². The molecule has 0 saturated carbocycles. The minimum atomic E-state index is -1.05. The van der Waals surface area contributed by atoms with Gasteiger partial charge in [-0.15, -0.1) is 0 Å². The van der Waals surface area contributed by atoms with Gasteiger partial charge in [0.1, 0.15) is 0 Å². The highest BCUT2D eigenvalue weighted by Gasteiger charge is 2.11. The van der Waals surface area contributed by atoms with Crippen molar-refractivity contribution < 1.29 is 14.1 Å². The maximum Gasteiger partial charge on any atom is 0.337 e. The van der Waals surface area contributed by atoms with Crippen LogP contribution in [0.3, 0.4) is 0 Å². The largest absolute Gasteiger partial charge is 0.478 e. The van der Waals surface area contributed by atoms with Gasteiger partial charge in [0.25, 0.3) is 0 Å². The van der Waals surface area contributed by atoms with E-state index < -0.39 is 16.8 Å². The third kappa shape index (κ3) is 3.73. The van der Waals surface area contributed by atoms with E-state index in [-0.39, 0.29) is 11.3 Å². The molecule has 0 spiro atoms. The Morgan fingerprint density at radius 1 is 1.50 bits per heavy atom. The molecule has 1 aromatic rings. The first kappa shape index (κ1) is 14.5. The molecule has 1 atom stereocenters. The minimum absolute atomic E-state index is 0.0918. The van der Waals surface area contributed by atoms with E-state index in [1.54, 1.807) is 13.0 Å². The van der Waals surface area contributed by atoms with Crippen LogP contribution in [-0.2, 0) is 10.8 Å². The first-order valence-electron chi connectivity index (χ1n) is 5.68. The monoisotopic (exact) mass is 270 g/mol. The second-order valence-electron chi connectivity index (χ2n) is 3.92. The number of nitrogens with two attached hydrogens (primary N) is 1. The molecule has 0 amide bonds. The van der Waals surface area contributed by atoms with Crippen molar-refractivity contribution in [3.05, 3.63) is 23.3 Å². The number of aryl methyl sites for hydroxylation is 1. The third-order valence-corrected chi connectivity index (χ3v) is 3.90. The molecule has 1 unspecified atom stereocenters. The molecule has 0 heterocycles. The van der Waals surface area contributed by atoms with Gasteiger partial charge in [0.05, 0.1) is 5.56 Å². The molecule has 0 radical (unpaired) electrons. The topological polar surface area (TPSA) is 92.4 Å². The Labute approximate surface area is 109 Å². The van der Waals surface area contributed by atoms with Gasteiger partial charge in [-0.25, -0.2) is 4.79 Å². The third-order valence-electron chi connectivity index (χ3n) is 2.60. The minimum Gasteiger partial charge on any atom is -0.478 e. The predicted molar refractivity (Wildman–Crippen MR) is 74.6 cm³/mol. The second kappa shape index (κ2) is 6.39. The van der Waals surface area contributed by atoms with Gasteiger partial charge in [-0.1, -0.05) is 6.92 Å². The lowest BCUT2D eigenvalue weighted by molar-refractivity contribution is 0.0698. The van der Waals surface area contributed by atoms with Crippen LogP contribution in [0.5, 0.6) is 0 Å². The van der Waals surface area contributed by atoms with Crippen LogP contribution in [0.4, 0.5) is 11.4 Å². The molecule has 0 aliphatic carbocycles. The Hall–Kier alpha value is -1.56. The lowest BCUT2D eigenvalue weighted by Gasteiger charge is -2.11. The number of anilines is 2. The summed E-state index contributed by atoms with van der Waals surface area (Å²) in [6.45, 7) is 4.17. The van der Waals surface area contributed by atoms with Crippen LogP contribution in [0.15, 0.2) is 12.1 Å². The van der Waals surface area contributed by atoms with Crippen LogP contribution in [0.2, 0.25) is 0 Å². The quantitative estimate of drug-likeness (QED) is 0.680. The fourth-order valence-electron chi connectivity index (χ4n) is 1.53. The highest BCUT2D eigenvalue weighted by atomic mass is 32.2. The number of nitrogens with one attached hydrogen (secondary N) is 1. The number of aromatic carboxylic acids is 1. The fraction of sp³-hybridized carbons (Fsp3) is 0.417. The average Bonchev–Trinajstić information content (AvgIpc) is 2.32. The summed E-state index contributed by atoms with van der Waals surface area (Å²) in [7, 11) is -0.828. The molecule has 5 nitrogen and oxygen atoms in total. The van der Waals surface area contributed by atoms with Crippen molar-refractivity contribution in [3.63, 3.8) is 0 Å². The standard InChI is InChI=1S/C12H18N2O3S/c1-3-18(17)5-4-14-9-6-8(2)11(13)10(7-9)12(15)16/h6-7,14H,3-5,13H2,1-2H3,(H,15,16). The highest BCUT2D eigenvalue weighted by Crippen LogP contribution is 2.22. The van der Waals surface area contributed by atoms with Crippen LogP contribution >= 0.6 is 0 Å². The molecule has 1 aromatic carbocycles. The average molecular weight is 270 g/mol. The summed E-state index contributed by atoms with van der Waals surface area (Å²) in [4.78, 5) is 11.0. The number of rotatable bonds is 6. The molecule has 18 heavy (non-hydrogen) atoms. The maximum atomic E-state index is 11.3. The Kier molecular flexibility index (Phi) is 5.15. The van der Waals surface area contributed by atoms with E-state index in [0.29, 0.717) is 29.3 Å². The SMILES string of the molecule is CCS(=O)CCNc1cc(C)c(N)c(C(=O)O)c1. The van der Waals surface area contributed by atoms with Crippen molar-refractivity contribution in [1.82, 2.24) is 0 Å². The van der Waals surface area contributed by atoms with Crippen LogP contribution in [0.25, 0.3) is 0 Å². The predicted octanol–water partition coefficient (Wildman–Crippen LogP) is 1.46. The Morgan fingerprint density at radius 2 is 2.17 bits per heavy atom. The summed E-state index contributed by atoms with van der Waals surface area (Å²) >= 11 is 0. The smallest absolute Gasteiger partial charge is 0.337 e.